The van der Waals surface area contributed by atoms with Crippen molar-refractivity contribution >= 4 is 16.9 Å². The summed E-state index contributed by atoms with van der Waals surface area (Å²) in [7, 11) is 0. The molecule has 0 atom stereocenters. The van der Waals surface area contributed by atoms with Crippen molar-refractivity contribution in [3.63, 3.8) is 0 Å². The van der Waals surface area contributed by atoms with Crippen LogP contribution in [0.25, 0.3) is 11.1 Å². The van der Waals surface area contributed by atoms with E-state index in [1.165, 1.54) is 4.57 Å². The Labute approximate surface area is 109 Å². The quantitative estimate of drug-likeness (QED) is 0.780. The molecule has 5 nitrogen and oxygen atoms in total. The molecule has 0 amide bonds. The zero-order valence-electron chi connectivity index (χ0n) is 10.5. The molecule has 96 valence electrons. The molecule has 0 unspecified atom stereocenters. The first-order chi connectivity index (χ1) is 9.24. The first-order valence-electron chi connectivity index (χ1n) is 5.99. The lowest BCUT2D eigenvalue weighted by Gasteiger charge is -2.06. The predicted molar refractivity (Wildman–Crippen MR) is 73.1 cm³/mol. The molecule has 0 bridgehead atoms. The van der Waals surface area contributed by atoms with E-state index in [2.05, 4.69) is 10.3 Å². The van der Waals surface area contributed by atoms with Crippen LogP contribution >= 0.6 is 0 Å². The molecular formula is C14H13N3O2. The van der Waals surface area contributed by atoms with E-state index in [0.29, 0.717) is 12.3 Å². The molecule has 1 aromatic carbocycles. The van der Waals surface area contributed by atoms with Crippen LogP contribution in [0.4, 0.5) is 5.82 Å². The second kappa shape index (κ2) is 4.61. The molecule has 3 aromatic rings. The molecule has 1 N–H and O–H groups in total. The molecule has 2 aromatic heterocycles. The Balaban J connectivity index is 1.87. The number of nitrogens with one attached hydrogen (secondary N) is 1. The van der Waals surface area contributed by atoms with E-state index in [9.17, 15) is 4.79 Å². The monoisotopic (exact) mass is 255 g/mol. The average molecular weight is 255 g/mol. The van der Waals surface area contributed by atoms with Crippen LogP contribution in [0.15, 0.2) is 51.8 Å². The molecule has 0 saturated carbocycles. The Morgan fingerprint density at radius 1 is 1.26 bits per heavy atom. The smallest absolute Gasteiger partial charge is 0.408 e. The van der Waals surface area contributed by atoms with Crippen LogP contribution in [0.3, 0.4) is 0 Å². The zero-order valence-corrected chi connectivity index (χ0v) is 10.5. The van der Waals surface area contributed by atoms with Crippen molar-refractivity contribution in [2.24, 2.45) is 0 Å². The SMILES string of the molecule is Cc1ccc(NCn2c(=O)oc3ccccc32)nc1. The van der Waals surface area contributed by atoms with Crippen molar-refractivity contribution in [3.05, 3.63) is 58.7 Å². The highest BCUT2D eigenvalue weighted by Gasteiger charge is 2.07. The molecular weight excluding hydrogens is 242 g/mol. The topological polar surface area (TPSA) is 60.1 Å². The first kappa shape index (κ1) is 11.5. The summed E-state index contributed by atoms with van der Waals surface area (Å²) in [6.45, 7) is 2.30. The summed E-state index contributed by atoms with van der Waals surface area (Å²) < 4.78 is 6.69. The summed E-state index contributed by atoms with van der Waals surface area (Å²) >= 11 is 0. The van der Waals surface area contributed by atoms with E-state index < -0.39 is 0 Å². The number of aromatic nitrogens is 2. The first-order valence-corrected chi connectivity index (χ1v) is 5.99. The maximum absolute atomic E-state index is 11.7. The normalized spacial score (nSPS) is 10.8. The van der Waals surface area contributed by atoms with Crippen LogP contribution < -0.4 is 11.1 Å². The predicted octanol–water partition coefficient (Wildman–Crippen LogP) is 2.37. The number of nitrogens with zero attached hydrogens (tertiary/aromatic N) is 2. The number of aryl methyl sites for hydroxylation is 1. The van der Waals surface area contributed by atoms with Gasteiger partial charge in [-0.15, -0.1) is 0 Å². The lowest BCUT2D eigenvalue weighted by Crippen LogP contribution is -2.19. The average Bonchev–Trinajstić information content (AvgIpc) is 2.74. The second-order valence-corrected chi connectivity index (χ2v) is 4.32. The molecule has 19 heavy (non-hydrogen) atoms. The lowest BCUT2D eigenvalue weighted by atomic mass is 10.3. The third-order valence-corrected chi connectivity index (χ3v) is 2.90. The molecule has 0 radical (unpaired) electrons. The van der Waals surface area contributed by atoms with Gasteiger partial charge in [0.05, 0.1) is 5.52 Å². The summed E-state index contributed by atoms with van der Waals surface area (Å²) in [5, 5.41) is 3.10. The number of hydrogen-bond donors (Lipinski definition) is 1. The summed E-state index contributed by atoms with van der Waals surface area (Å²) in [6.07, 6.45) is 1.78. The molecule has 0 aliphatic carbocycles. The minimum atomic E-state index is -0.374. The minimum absolute atomic E-state index is 0.325. The highest BCUT2D eigenvalue weighted by Crippen LogP contribution is 2.12. The Morgan fingerprint density at radius 3 is 2.89 bits per heavy atom. The Bertz CT molecular complexity index is 756. The fourth-order valence-corrected chi connectivity index (χ4v) is 1.90. The van der Waals surface area contributed by atoms with E-state index in [1.54, 1.807) is 12.3 Å². The van der Waals surface area contributed by atoms with Gasteiger partial charge in [0, 0.05) is 6.20 Å². The van der Waals surface area contributed by atoms with Crippen molar-refractivity contribution < 1.29 is 4.42 Å². The third kappa shape index (κ3) is 2.22. The number of rotatable bonds is 3. The fourth-order valence-electron chi connectivity index (χ4n) is 1.90. The standard InChI is InChI=1S/C14H13N3O2/c1-10-6-7-13(15-8-10)16-9-17-11-4-2-3-5-12(11)19-14(17)18/h2-8H,9H2,1H3,(H,15,16). The van der Waals surface area contributed by atoms with Crippen LogP contribution in [0.5, 0.6) is 0 Å². The Kier molecular flexibility index (Phi) is 2.79. The fraction of sp³-hybridized carbons (Fsp3) is 0.143. The summed E-state index contributed by atoms with van der Waals surface area (Å²) in [4.78, 5) is 16.0. The molecule has 0 aliphatic heterocycles. The number of benzene rings is 1. The van der Waals surface area contributed by atoms with Crippen molar-refractivity contribution in [3.8, 4) is 0 Å². The van der Waals surface area contributed by atoms with E-state index >= 15 is 0 Å². The van der Waals surface area contributed by atoms with Gasteiger partial charge in [0.15, 0.2) is 5.58 Å². The van der Waals surface area contributed by atoms with E-state index in [4.69, 9.17) is 4.42 Å². The van der Waals surface area contributed by atoms with Crippen LogP contribution in [0.2, 0.25) is 0 Å². The van der Waals surface area contributed by atoms with Gasteiger partial charge in [0.2, 0.25) is 0 Å². The molecule has 0 aliphatic rings. The molecule has 3 rings (SSSR count). The maximum atomic E-state index is 11.7. The van der Waals surface area contributed by atoms with Gasteiger partial charge in [0.1, 0.15) is 12.5 Å². The number of pyridine rings is 1. The Hall–Kier alpha value is -2.56. The molecule has 5 heteroatoms. The van der Waals surface area contributed by atoms with Gasteiger partial charge in [-0.2, -0.15) is 0 Å². The second-order valence-electron chi connectivity index (χ2n) is 4.32. The number of para-hydroxylation sites is 2. The molecule has 0 saturated heterocycles. The van der Waals surface area contributed by atoms with Crippen LogP contribution in [-0.2, 0) is 6.67 Å². The highest BCUT2D eigenvalue weighted by atomic mass is 16.4. The highest BCUT2D eigenvalue weighted by molar-refractivity contribution is 5.72. The molecule has 2 heterocycles. The van der Waals surface area contributed by atoms with Crippen LogP contribution in [-0.4, -0.2) is 9.55 Å². The van der Waals surface area contributed by atoms with E-state index in [-0.39, 0.29) is 5.76 Å². The van der Waals surface area contributed by atoms with Crippen molar-refractivity contribution in [2.75, 3.05) is 5.32 Å². The molecule has 0 spiro atoms. The van der Waals surface area contributed by atoms with E-state index in [1.807, 2.05) is 37.3 Å². The number of oxazole rings is 1. The third-order valence-electron chi connectivity index (χ3n) is 2.90. The van der Waals surface area contributed by atoms with Gasteiger partial charge < -0.3 is 9.73 Å². The lowest BCUT2D eigenvalue weighted by molar-refractivity contribution is 0.515. The van der Waals surface area contributed by atoms with Gasteiger partial charge in [-0.05, 0) is 30.7 Å². The van der Waals surface area contributed by atoms with Crippen molar-refractivity contribution in [1.82, 2.24) is 9.55 Å². The van der Waals surface area contributed by atoms with Gasteiger partial charge in [-0.3, -0.25) is 4.57 Å². The number of fused-ring (bicyclic) bond motifs is 1. The number of hydrogen-bond acceptors (Lipinski definition) is 4. The molecule has 0 fully saturated rings. The van der Waals surface area contributed by atoms with Gasteiger partial charge in [0.25, 0.3) is 0 Å². The largest absolute Gasteiger partial charge is 0.421 e. The van der Waals surface area contributed by atoms with Crippen molar-refractivity contribution in [2.45, 2.75) is 13.6 Å². The van der Waals surface area contributed by atoms with Gasteiger partial charge in [-0.1, -0.05) is 18.2 Å². The van der Waals surface area contributed by atoms with Gasteiger partial charge in [-0.25, -0.2) is 9.78 Å². The van der Waals surface area contributed by atoms with Crippen LogP contribution in [0.1, 0.15) is 5.56 Å². The van der Waals surface area contributed by atoms with E-state index in [0.717, 1.165) is 16.9 Å². The van der Waals surface area contributed by atoms with Crippen LogP contribution in [0, 0.1) is 6.92 Å². The maximum Gasteiger partial charge on any atom is 0.421 e. The Morgan fingerprint density at radius 2 is 2.11 bits per heavy atom. The minimum Gasteiger partial charge on any atom is -0.408 e. The zero-order chi connectivity index (χ0) is 13.2. The summed E-state index contributed by atoms with van der Waals surface area (Å²) in [5.41, 5.74) is 2.45. The summed E-state index contributed by atoms with van der Waals surface area (Å²) in [5.74, 6) is 0.351. The number of anilines is 1. The van der Waals surface area contributed by atoms with Crippen molar-refractivity contribution in [1.29, 1.82) is 0 Å². The van der Waals surface area contributed by atoms with Gasteiger partial charge >= 0.3 is 5.76 Å². The summed E-state index contributed by atoms with van der Waals surface area (Å²) in [6, 6.07) is 11.2.